The van der Waals surface area contributed by atoms with E-state index in [4.69, 9.17) is 0 Å². The molecule has 1 fully saturated rings. The first-order valence-electron chi connectivity index (χ1n) is 8.09. The summed E-state index contributed by atoms with van der Waals surface area (Å²) in [6, 6.07) is 9.03. The fourth-order valence-electron chi connectivity index (χ4n) is 3.38. The Balaban J connectivity index is 1.70. The summed E-state index contributed by atoms with van der Waals surface area (Å²) >= 11 is 0. The number of benzene rings is 1. The van der Waals surface area contributed by atoms with E-state index in [1.807, 2.05) is 12.4 Å². The fraction of sp³-hybridized carbons (Fsp3) is 0.500. The summed E-state index contributed by atoms with van der Waals surface area (Å²) in [5.41, 5.74) is 1.24. The van der Waals surface area contributed by atoms with Gasteiger partial charge in [-0.05, 0) is 57.5 Å². The Morgan fingerprint density at radius 1 is 1.29 bits per heavy atom. The molecule has 0 bridgehead atoms. The molecule has 0 radical (unpaired) electrons. The zero-order valence-electron chi connectivity index (χ0n) is 13.0. The monoisotopic (exact) mass is 283 g/mol. The summed E-state index contributed by atoms with van der Waals surface area (Å²) in [6.07, 6.45) is 6.41. The Bertz CT molecular complexity index is 583. The van der Waals surface area contributed by atoms with Gasteiger partial charge in [-0.3, -0.25) is 4.98 Å². The Morgan fingerprint density at radius 2 is 2.10 bits per heavy atom. The number of hydrogen-bond acceptors (Lipinski definition) is 3. The smallest absolute Gasteiger partial charge is 0.0423 e. The molecule has 3 heteroatoms. The highest BCUT2D eigenvalue weighted by atomic mass is 15.1. The molecule has 3 nitrogen and oxygen atoms in total. The van der Waals surface area contributed by atoms with E-state index in [0.29, 0.717) is 6.04 Å². The Hall–Kier alpha value is -1.61. The van der Waals surface area contributed by atoms with Crippen LogP contribution in [0.4, 0.5) is 5.69 Å². The van der Waals surface area contributed by atoms with E-state index in [1.165, 1.54) is 48.9 Å². The number of hydrogen-bond donors (Lipinski definition) is 1. The second-order valence-electron chi connectivity index (χ2n) is 6.11. The molecule has 0 amide bonds. The van der Waals surface area contributed by atoms with E-state index in [0.717, 1.165) is 5.92 Å². The third-order valence-electron chi connectivity index (χ3n) is 4.85. The van der Waals surface area contributed by atoms with Gasteiger partial charge in [0.1, 0.15) is 0 Å². The second kappa shape index (κ2) is 6.44. The van der Waals surface area contributed by atoms with Gasteiger partial charge >= 0.3 is 0 Å². The average Bonchev–Trinajstić information content (AvgIpc) is 2.55. The topological polar surface area (TPSA) is 28.2 Å². The summed E-state index contributed by atoms with van der Waals surface area (Å²) in [6.45, 7) is 8.25. The van der Waals surface area contributed by atoms with E-state index < -0.39 is 0 Å². The van der Waals surface area contributed by atoms with Crippen molar-refractivity contribution in [1.29, 1.82) is 0 Å². The second-order valence-corrected chi connectivity index (χ2v) is 6.11. The van der Waals surface area contributed by atoms with E-state index in [1.54, 1.807) is 0 Å². The van der Waals surface area contributed by atoms with Crippen LogP contribution in [0.2, 0.25) is 0 Å². The molecule has 1 aromatic carbocycles. The van der Waals surface area contributed by atoms with Crippen molar-refractivity contribution in [3.05, 3.63) is 36.7 Å². The highest BCUT2D eigenvalue weighted by molar-refractivity contribution is 5.93. The van der Waals surface area contributed by atoms with Crippen LogP contribution >= 0.6 is 0 Å². The first kappa shape index (κ1) is 14.3. The Labute approximate surface area is 127 Å². The SMILES string of the molecule is CCN1CCC(C(C)Nc2cccc3cnccc23)CC1. The average molecular weight is 283 g/mol. The van der Waals surface area contributed by atoms with Crippen LogP contribution < -0.4 is 5.32 Å². The van der Waals surface area contributed by atoms with Crippen LogP contribution in [0, 0.1) is 5.92 Å². The first-order valence-corrected chi connectivity index (χ1v) is 8.09. The number of piperidine rings is 1. The van der Waals surface area contributed by atoms with Crippen molar-refractivity contribution in [2.24, 2.45) is 5.92 Å². The number of nitrogens with one attached hydrogen (secondary N) is 1. The molecule has 2 heterocycles. The van der Waals surface area contributed by atoms with E-state index in [2.05, 4.69) is 53.3 Å². The number of pyridine rings is 1. The standard InChI is InChI=1S/C18H25N3/c1-3-21-11-8-15(9-12-21)14(2)20-18-6-4-5-16-13-19-10-7-17(16)18/h4-7,10,13-15,20H,3,8-9,11-12H2,1-2H3. The molecule has 1 saturated heterocycles. The molecule has 3 rings (SSSR count). The first-order chi connectivity index (χ1) is 10.3. The summed E-state index contributed by atoms with van der Waals surface area (Å²) in [4.78, 5) is 6.76. The van der Waals surface area contributed by atoms with Crippen molar-refractivity contribution in [1.82, 2.24) is 9.88 Å². The predicted octanol–water partition coefficient (Wildman–Crippen LogP) is 3.77. The van der Waals surface area contributed by atoms with Crippen molar-refractivity contribution < 1.29 is 0 Å². The minimum Gasteiger partial charge on any atom is -0.382 e. The zero-order chi connectivity index (χ0) is 14.7. The van der Waals surface area contributed by atoms with Gasteiger partial charge < -0.3 is 10.2 Å². The lowest BCUT2D eigenvalue weighted by molar-refractivity contribution is 0.183. The van der Waals surface area contributed by atoms with Gasteiger partial charge in [-0.2, -0.15) is 0 Å². The van der Waals surface area contributed by atoms with Gasteiger partial charge in [0.2, 0.25) is 0 Å². The molecule has 112 valence electrons. The van der Waals surface area contributed by atoms with Gasteiger partial charge in [0.05, 0.1) is 0 Å². The molecule has 1 unspecified atom stereocenters. The molecule has 2 aromatic rings. The molecule has 21 heavy (non-hydrogen) atoms. The summed E-state index contributed by atoms with van der Waals surface area (Å²) in [7, 11) is 0. The number of anilines is 1. The Morgan fingerprint density at radius 3 is 2.86 bits per heavy atom. The minimum atomic E-state index is 0.516. The zero-order valence-corrected chi connectivity index (χ0v) is 13.0. The predicted molar refractivity (Wildman–Crippen MR) is 89.7 cm³/mol. The third-order valence-corrected chi connectivity index (χ3v) is 4.85. The maximum absolute atomic E-state index is 4.21. The Kier molecular flexibility index (Phi) is 4.39. The summed E-state index contributed by atoms with van der Waals surface area (Å²) in [5, 5.41) is 6.21. The molecule has 0 saturated carbocycles. The largest absolute Gasteiger partial charge is 0.382 e. The van der Waals surface area contributed by atoms with Crippen LogP contribution in [0.25, 0.3) is 10.8 Å². The molecule has 1 aliphatic rings. The highest BCUT2D eigenvalue weighted by Crippen LogP contribution is 2.27. The molecule has 1 N–H and O–H groups in total. The van der Waals surface area contributed by atoms with Gasteiger partial charge in [-0.1, -0.05) is 19.1 Å². The van der Waals surface area contributed by atoms with Gasteiger partial charge in [-0.25, -0.2) is 0 Å². The van der Waals surface area contributed by atoms with Gasteiger partial charge in [0.25, 0.3) is 0 Å². The fourth-order valence-corrected chi connectivity index (χ4v) is 3.38. The van der Waals surface area contributed by atoms with E-state index in [9.17, 15) is 0 Å². The van der Waals surface area contributed by atoms with Gasteiger partial charge in [0, 0.05) is 34.9 Å². The number of aromatic nitrogens is 1. The van der Waals surface area contributed by atoms with Crippen LogP contribution in [0.3, 0.4) is 0 Å². The van der Waals surface area contributed by atoms with Crippen molar-refractivity contribution in [3.63, 3.8) is 0 Å². The van der Waals surface area contributed by atoms with E-state index >= 15 is 0 Å². The van der Waals surface area contributed by atoms with Crippen LogP contribution in [-0.4, -0.2) is 35.6 Å². The number of likely N-dealkylation sites (tertiary alicyclic amines) is 1. The number of rotatable bonds is 4. The third kappa shape index (κ3) is 3.18. The number of nitrogens with zero attached hydrogens (tertiary/aromatic N) is 2. The van der Waals surface area contributed by atoms with Crippen molar-refractivity contribution >= 4 is 16.5 Å². The van der Waals surface area contributed by atoms with Crippen molar-refractivity contribution in [2.75, 3.05) is 25.0 Å². The molecule has 0 spiro atoms. The lowest BCUT2D eigenvalue weighted by Crippen LogP contribution is -2.39. The van der Waals surface area contributed by atoms with E-state index in [-0.39, 0.29) is 0 Å². The van der Waals surface area contributed by atoms with Crippen LogP contribution in [-0.2, 0) is 0 Å². The number of fused-ring (bicyclic) bond motifs is 1. The minimum absolute atomic E-state index is 0.516. The summed E-state index contributed by atoms with van der Waals surface area (Å²) < 4.78 is 0. The molecule has 1 aromatic heterocycles. The van der Waals surface area contributed by atoms with Crippen molar-refractivity contribution in [3.8, 4) is 0 Å². The quantitative estimate of drug-likeness (QED) is 0.926. The van der Waals surface area contributed by atoms with Crippen LogP contribution in [0.1, 0.15) is 26.7 Å². The van der Waals surface area contributed by atoms with Crippen LogP contribution in [0.15, 0.2) is 36.7 Å². The maximum atomic E-state index is 4.21. The summed E-state index contributed by atoms with van der Waals surface area (Å²) in [5.74, 6) is 0.768. The lowest BCUT2D eigenvalue weighted by atomic mass is 9.90. The molecule has 1 aliphatic heterocycles. The molecular weight excluding hydrogens is 258 g/mol. The van der Waals surface area contributed by atoms with Gasteiger partial charge in [0.15, 0.2) is 0 Å². The molecular formula is C18H25N3. The molecule has 1 atom stereocenters. The normalized spacial score (nSPS) is 18.8. The van der Waals surface area contributed by atoms with Crippen LogP contribution in [0.5, 0.6) is 0 Å². The lowest BCUT2D eigenvalue weighted by Gasteiger charge is -2.35. The maximum Gasteiger partial charge on any atom is 0.0423 e. The molecule has 0 aliphatic carbocycles. The van der Waals surface area contributed by atoms with Crippen molar-refractivity contribution in [2.45, 2.75) is 32.7 Å². The van der Waals surface area contributed by atoms with Gasteiger partial charge in [-0.15, -0.1) is 0 Å². The highest BCUT2D eigenvalue weighted by Gasteiger charge is 2.23.